The molecule has 0 aliphatic carbocycles. The standard InChI is InChI=1S/C27H26F9NO4/c1-4-19-12-20(21-11-16(25(28,29)30)6-7-23(21)37(19)24(39)40-5-2)22(13-41-14(3)38)15-8-17(26(31,32)33)10-18(9-15)27(34,35)36/h6-11,19-20,22H,4-5,12-13H2,1-3H3/t19-,20?,22?/m0/s1. The van der Waals surface area contributed by atoms with Gasteiger partial charge in [-0.25, -0.2) is 4.79 Å². The Balaban J connectivity index is 2.33. The van der Waals surface area contributed by atoms with E-state index in [1.807, 2.05) is 0 Å². The van der Waals surface area contributed by atoms with E-state index in [2.05, 4.69) is 0 Å². The number of amides is 1. The van der Waals surface area contributed by atoms with E-state index >= 15 is 0 Å². The molecule has 1 heterocycles. The largest absolute Gasteiger partial charge is 0.465 e. The summed E-state index contributed by atoms with van der Waals surface area (Å²) >= 11 is 0. The highest BCUT2D eigenvalue weighted by Crippen LogP contribution is 2.50. The van der Waals surface area contributed by atoms with E-state index in [1.54, 1.807) is 6.92 Å². The van der Waals surface area contributed by atoms with Crippen LogP contribution in [0.5, 0.6) is 0 Å². The van der Waals surface area contributed by atoms with Crippen LogP contribution in [0, 0.1) is 0 Å². The molecule has 2 aromatic carbocycles. The van der Waals surface area contributed by atoms with Crippen molar-refractivity contribution < 1.29 is 58.6 Å². The highest BCUT2D eigenvalue weighted by atomic mass is 19.4. The first-order valence-electron chi connectivity index (χ1n) is 12.5. The van der Waals surface area contributed by atoms with Gasteiger partial charge in [-0.15, -0.1) is 0 Å². The van der Waals surface area contributed by atoms with Crippen molar-refractivity contribution >= 4 is 17.7 Å². The van der Waals surface area contributed by atoms with Crippen LogP contribution in [0.2, 0.25) is 0 Å². The number of fused-ring (bicyclic) bond motifs is 1. The molecule has 0 saturated carbocycles. The van der Waals surface area contributed by atoms with Crippen LogP contribution in [0.15, 0.2) is 36.4 Å². The summed E-state index contributed by atoms with van der Waals surface area (Å²) < 4.78 is 133. The molecule has 0 fully saturated rings. The summed E-state index contributed by atoms with van der Waals surface area (Å²) in [5.41, 5.74) is -5.16. The predicted molar refractivity (Wildman–Crippen MR) is 128 cm³/mol. The van der Waals surface area contributed by atoms with Crippen molar-refractivity contribution in [3.63, 3.8) is 0 Å². The number of carbonyl (C=O) groups excluding carboxylic acids is 2. The number of rotatable bonds is 6. The Morgan fingerprint density at radius 1 is 0.854 bits per heavy atom. The zero-order valence-corrected chi connectivity index (χ0v) is 22.0. The number of carbonyl (C=O) groups is 2. The van der Waals surface area contributed by atoms with E-state index in [0.29, 0.717) is 24.3 Å². The Labute approximate surface area is 229 Å². The zero-order valence-electron chi connectivity index (χ0n) is 22.0. The minimum Gasteiger partial charge on any atom is -0.465 e. The molecule has 1 aliphatic rings. The summed E-state index contributed by atoms with van der Waals surface area (Å²) in [5, 5.41) is 0. The number of esters is 1. The molecule has 0 aromatic heterocycles. The van der Waals surface area contributed by atoms with Gasteiger partial charge in [-0.2, -0.15) is 39.5 Å². The molecule has 41 heavy (non-hydrogen) atoms. The second kappa shape index (κ2) is 11.8. The molecule has 0 radical (unpaired) electrons. The molecular formula is C27H26F9NO4. The monoisotopic (exact) mass is 599 g/mol. The van der Waals surface area contributed by atoms with Gasteiger partial charge in [-0.05, 0) is 73.2 Å². The molecule has 1 amide bonds. The number of ether oxygens (including phenoxy) is 2. The van der Waals surface area contributed by atoms with E-state index < -0.39 is 77.3 Å². The number of hydrogen-bond acceptors (Lipinski definition) is 4. The van der Waals surface area contributed by atoms with Crippen molar-refractivity contribution in [1.29, 1.82) is 0 Å². The molecule has 14 heteroatoms. The lowest BCUT2D eigenvalue weighted by molar-refractivity contribution is -0.144. The first-order chi connectivity index (χ1) is 18.9. The zero-order chi connectivity index (χ0) is 30.9. The molecule has 1 aliphatic heterocycles. The molecule has 5 nitrogen and oxygen atoms in total. The third kappa shape index (κ3) is 7.25. The summed E-state index contributed by atoms with van der Waals surface area (Å²) in [6, 6.07) is 2.55. The Kier molecular flexibility index (Phi) is 9.23. The quantitative estimate of drug-likeness (QED) is 0.248. The lowest BCUT2D eigenvalue weighted by Gasteiger charge is -2.43. The van der Waals surface area contributed by atoms with Gasteiger partial charge in [0.2, 0.25) is 0 Å². The maximum atomic E-state index is 13.7. The summed E-state index contributed by atoms with van der Waals surface area (Å²) in [6.45, 7) is 3.34. The second-order valence-corrected chi connectivity index (χ2v) is 9.49. The first kappa shape index (κ1) is 32.1. The van der Waals surface area contributed by atoms with Gasteiger partial charge in [0.25, 0.3) is 0 Å². The van der Waals surface area contributed by atoms with Crippen molar-refractivity contribution in [3.8, 4) is 0 Å². The maximum Gasteiger partial charge on any atom is 0.416 e. The molecule has 0 spiro atoms. The van der Waals surface area contributed by atoms with Crippen LogP contribution in [0.4, 0.5) is 50.0 Å². The van der Waals surface area contributed by atoms with E-state index in [1.165, 1.54) is 6.92 Å². The lowest BCUT2D eigenvalue weighted by atomic mass is 9.73. The summed E-state index contributed by atoms with van der Waals surface area (Å²) in [7, 11) is 0. The van der Waals surface area contributed by atoms with Crippen molar-refractivity contribution in [3.05, 3.63) is 64.2 Å². The molecule has 3 atom stereocenters. The number of benzene rings is 2. The number of halogens is 9. The molecule has 0 N–H and O–H groups in total. The smallest absolute Gasteiger partial charge is 0.416 e. The average molecular weight is 599 g/mol. The normalized spacial score (nSPS) is 18.5. The van der Waals surface area contributed by atoms with Crippen LogP contribution in [0.3, 0.4) is 0 Å². The average Bonchev–Trinajstić information content (AvgIpc) is 2.86. The van der Waals surface area contributed by atoms with Crippen molar-refractivity contribution in [1.82, 2.24) is 0 Å². The Morgan fingerprint density at radius 3 is 1.88 bits per heavy atom. The SMILES string of the molecule is CCOC(=O)N1c2ccc(C(F)(F)F)cc2C(C(COC(C)=O)c2cc(C(F)(F)F)cc(C(F)(F)F)c2)C[C@@H]1CC. The molecular weight excluding hydrogens is 573 g/mol. The maximum absolute atomic E-state index is 13.7. The van der Waals surface area contributed by atoms with Gasteiger partial charge in [0.15, 0.2) is 0 Å². The highest BCUT2D eigenvalue weighted by molar-refractivity contribution is 5.90. The van der Waals surface area contributed by atoms with Gasteiger partial charge in [0.1, 0.15) is 0 Å². The van der Waals surface area contributed by atoms with Crippen LogP contribution >= 0.6 is 0 Å². The highest BCUT2D eigenvalue weighted by Gasteiger charge is 2.44. The van der Waals surface area contributed by atoms with Gasteiger partial charge >= 0.3 is 30.6 Å². The Hall–Kier alpha value is -3.45. The number of anilines is 1. The third-order valence-corrected chi connectivity index (χ3v) is 6.83. The first-order valence-corrected chi connectivity index (χ1v) is 12.5. The Morgan fingerprint density at radius 2 is 1.41 bits per heavy atom. The van der Waals surface area contributed by atoms with Crippen molar-refractivity contribution in [2.45, 2.75) is 70.0 Å². The van der Waals surface area contributed by atoms with Crippen molar-refractivity contribution in [2.24, 2.45) is 0 Å². The van der Waals surface area contributed by atoms with Gasteiger partial charge in [-0.3, -0.25) is 9.69 Å². The van der Waals surface area contributed by atoms with Gasteiger partial charge in [0, 0.05) is 18.9 Å². The topological polar surface area (TPSA) is 55.8 Å². The fourth-order valence-electron chi connectivity index (χ4n) is 4.98. The van der Waals surface area contributed by atoms with Gasteiger partial charge in [0.05, 0.1) is 35.6 Å². The third-order valence-electron chi connectivity index (χ3n) is 6.83. The van der Waals surface area contributed by atoms with Crippen molar-refractivity contribution in [2.75, 3.05) is 18.1 Å². The molecule has 226 valence electrons. The molecule has 2 unspecified atom stereocenters. The lowest BCUT2D eigenvalue weighted by Crippen LogP contribution is -2.46. The van der Waals surface area contributed by atoms with E-state index in [0.717, 1.165) is 17.9 Å². The van der Waals surface area contributed by atoms with Crippen LogP contribution in [-0.4, -0.2) is 31.3 Å². The minimum absolute atomic E-state index is 0.0459. The fraction of sp³-hybridized carbons (Fsp3) is 0.481. The number of hydrogen-bond donors (Lipinski definition) is 0. The predicted octanol–water partition coefficient (Wildman–Crippen LogP) is 8.32. The minimum atomic E-state index is -5.19. The second-order valence-electron chi connectivity index (χ2n) is 9.49. The van der Waals surface area contributed by atoms with E-state index in [-0.39, 0.29) is 36.8 Å². The van der Waals surface area contributed by atoms with Crippen LogP contribution in [0.1, 0.15) is 73.3 Å². The van der Waals surface area contributed by atoms with E-state index in [4.69, 9.17) is 9.47 Å². The van der Waals surface area contributed by atoms with Crippen LogP contribution in [-0.2, 0) is 32.8 Å². The molecule has 3 rings (SSSR count). The summed E-state index contributed by atoms with van der Waals surface area (Å²) in [5.74, 6) is -3.53. The molecule has 2 aromatic rings. The molecule has 0 bridgehead atoms. The van der Waals surface area contributed by atoms with Crippen LogP contribution < -0.4 is 4.90 Å². The fourth-order valence-corrected chi connectivity index (χ4v) is 4.98. The summed E-state index contributed by atoms with van der Waals surface area (Å²) in [6.07, 6.45) is -16.1. The van der Waals surface area contributed by atoms with E-state index in [9.17, 15) is 49.1 Å². The summed E-state index contributed by atoms with van der Waals surface area (Å²) in [4.78, 5) is 25.7. The van der Waals surface area contributed by atoms with Crippen LogP contribution in [0.25, 0.3) is 0 Å². The van der Waals surface area contributed by atoms with Gasteiger partial charge in [-0.1, -0.05) is 6.92 Å². The number of alkyl halides is 9. The molecule has 0 saturated heterocycles. The van der Waals surface area contributed by atoms with Gasteiger partial charge < -0.3 is 9.47 Å². The Bertz CT molecular complexity index is 1240. The number of nitrogens with zero attached hydrogens (tertiary/aromatic N) is 1.